The SMILES string of the molecule is C[C@@H]1CC=C(C=O)[C@H]1C. The van der Waals surface area contributed by atoms with Crippen LogP contribution in [0.1, 0.15) is 20.3 Å². The van der Waals surface area contributed by atoms with Crippen LogP contribution in [0.5, 0.6) is 0 Å². The van der Waals surface area contributed by atoms with Crippen LogP contribution in [0.2, 0.25) is 0 Å². The number of carbonyl (C=O) groups excluding carboxylic acids is 1. The smallest absolute Gasteiger partial charge is 0.145 e. The second-order valence-electron chi connectivity index (χ2n) is 2.82. The van der Waals surface area contributed by atoms with Crippen LogP contribution in [0.4, 0.5) is 0 Å². The Balaban J connectivity index is 2.66. The largest absolute Gasteiger partial charge is 0.298 e. The summed E-state index contributed by atoms with van der Waals surface area (Å²) in [6.45, 7) is 4.29. The van der Waals surface area contributed by atoms with E-state index >= 15 is 0 Å². The first-order valence-corrected chi connectivity index (χ1v) is 3.41. The van der Waals surface area contributed by atoms with Gasteiger partial charge in [0.15, 0.2) is 0 Å². The van der Waals surface area contributed by atoms with E-state index < -0.39 is 0 Å². The Morgan fingerprint density at radius 1 is 1.67 bits per heavy atom. The van der Waals surface area contributed by atoms with Gasteiger partial charge in [-0.15, -0.1) is 0 Å². The molecule has 0 aromatic heterocycles. The van der Waals surface area contributed by atoms with Gasteiger partial charge in [-0.25, -0.2) is 0 Å². The van der Waals surface area contributed by atoms with E-state index in [0.717, 1.165) is 18.3 Å². The molecule has 0 unspecified atom stereocenters. The zero-order chi connectivity index (χ0) is 6.85. The highest BCUT2D eigenvalue weighted by Crippen LogP contribution is 2.29. The van der Waals surface area contributed by atoms with E-state index in [4.69, 9.17) is 0 Å². The highest BCUT2D eigenvalue weighted by Gasteiger charge is 2.20. The van der Waals surface area contributed by atoms with Crippen molar-refractivity contribution in [2.45, 2.75) is 20.3 Å². The summed E-state index contributed by atoms with van der Waals surface area (Å²) in [7, 11) is 0. The Hall–Kier alpha value is -0.590. The van der Waals surface area contributed by atoms with E-state index in [1.807, 2.05) is 6.08 Å². The number of carbonyl (C=O) groups is 1. The summed E-state index contributed by atoms with van der Waals surface area (Å²) in [5.74, 6) is 1.16. The van der Waals surface area contributed by atoms with E-state index in [1.165, 1.54) is 0 Å². The van der Waals surface area contributed by atoms with Crippen LogP contribution < -0.4 is 0 Å². The molecule has 9 heavy (non-hydrogen) atoms. The van der Waals surface area contributed by atoms with Gasteiger partial charge in [-0.3, -0.25) is 4.79 Å². The van der Waals surface area contributed by atoms with E-state index in [2.05, 4.69) is 13.8 Å². The summed E-state index contributed by atoms with van der Waals surface area (Å²) in [6, 6.07) is 0. The van der Waals surface area contributed by atoms with Crippen LogP contribution in [-0.4, -0.2) is 6.29 Å². The highest BCUT2D eigenvalue weighted by molar-refractivity contribution is 5.74. The van der Waals surface area contributed by atoms with Gasteiger partial charge in [-0.2, -0.15) is 0 Å². The third-order valence-corrected chi connectivity index (χ3v) is 2.24. The minimum atomic E-state index is 0.488. The van der Waals surface area contributed by atoms with E-state index in [0.29, 0.717) is 11.8 Å². The molecule has 0 aliphatic heterocycles. The Bertz CT molecular complexity index is 147. The molecule has 0 spiro atoms. The molecule has 2 atom stereocenters. The Kier molecular flexibility index (Phi) is 1.70. The minimum absolute atomic E-state index is 0.488. The van der Waals surface area contributed by atoms with Crippen molar-refractivity contribution in [3.05, 3.63) is 11.6 Å². The predicted molar refractivity (Wildman–Crippen MR) is 37.1 cm³/mol. The summed E-state index contributed by atoms with van der Waals surface area (Å²) >= 11 is 0. The first-order valence-electron chi connectivity index (χ1n) is 3.41. The Morgan fingerprint density at radius 2 is 2.33 bits per heavy atom. The normalized spacial score (nSPS) is 34.2. The van der Waals surface area contributed by atoms with E-state index in [9.17, 15) is 4.79 Å². The van der Waals surface area contributed by atoms with Crippen LogP contribution in [0, 0.1) is 11.8 Å². The van der Waals surface area contributed by atoms with E-state index in [1.54, 1.807) is 0 Å². The molecule has 0 amide bonds. The third kappa shape index (κ3) is 1.04. The van der Waals surface area contributed by atoms with Gasteiger partial charge >= 0.3 is 0 Å². The maximum atomic E-state index is 10.3. The zero-order valence-corrected chi connectivity index (χ0v) is 5.92. The third-order valence-electron chi connectivity index (χ3n) is 2.24. The standard InChI is InChI=1S/C8H12O/c1-6-3-4-8(5-9)7(6)2/h4-7H,3H2,1-2H3/t6-,7+/m1/s1. The molecule has 0 bridgehead atoms. The predicted octanol–water partition coefficient (Wildman–Crippen LogP) is 1.79. The van der Waals surface area contributed by atoms with Gasteiger partial charge in [0.25, 0.3) is 0 Å². The zero-order valence-electron chi connectivity index (χ0n) is 5.92. The topological polar surface area (TPSA) is 17.1 Å². The fourth-order valence-electron chi connectivity index (χ4n) is 1.20. The van der Waals surface area contributed by atoms with Gasteiger partial charge in [0.05, 0.1) is 0 Å². The average molecular weight is 124 g/mol. The van der Waals surface area contributed by atoms with Gasteiger partial charge in [0, 0.05) is 0 Å². The molecule has 0 radical (unpaired) electrons. The van der Waals surface area contributed by atoms with Gasteiger partial charge < -0.3 is 0 Å². The van der Waals surface area contributed by atoms with Crippen molar-refractivity contribution in [3.63, 3.8) is 0 Å². The lowest BCUT2D eigenvalue weighted by Gasteiger charge is -2.08. The number of aldehydes is 1. The van der Waals surface area contributed by atoms with E-state index in [-0.39, 0.29) is 0 Å². The summed E-state index contributed by atoms with van der Waals surface area (Å²) in [5.41, 5.74) is 0.988. The summed E-state index contributed by atoms with van der Waals surface area (Å²) in [6.07, 6.45) is 4.10. The molecule has 50 valence electrons. The number of rotatable bonds is 1. The molecule has 1 aliphatic rings. The van der Waals surface area contributed by atoms with Crippen LogP contribution in [-0.2, 0) is 4.79 Å². The fourth-order valence-corrected chi connectivity index (χ4v) is 1.20. The average Bonchev–Trinajstić information content (AvgIpc) is 2.15. The first kappa shape index (κ1) is 6.53. The summed E-state index contributed by atoms with van der Waals surface area (Å²) in [4.78, 5) is 10.3. The van der Waals surface area contributed by atoms with Crippen molar-refractivity contribution >= 4 is 6.29 Å². The Labute approximate surface area is 55.8 Å². The fraction of sp³-hybridized carbons (Fsp3) is 0.625. The highest BCUT2D eigenvalue weighted by atomic mass is 16.1. The summed E-state index contributed by atoms with van der Waals surface area (Å²) in [5, 5.41) is 0. The van der Waals surface area contributed by atoms with Crippen molar-refractivity contribution in [1.82, 2.24) is 0 Å². The van der Waals surface area contributed by atoms with Crippen molar-refractivity contribution < 1.29 is 4.79 Å². The quantitative estimate of drug-likeness (QED) is 0.487. The molecule has 1 nitrogen and oxygen atoms in total. The lowest BCUT2D eigenvalue weighted by atomic mass is 9.96. The maximum Gasteiger partial charge on any atom is 0.145 e. The second-order valence-corrected chi connectivity index (χ2v) is 2.82. The molecule has 1 rings (SSSR count). The Morgan fingerprint density at radius 3 is 2.56 bits per heavy atom. The van der Waals surface area contributed by atoms with Crippen molar-refractivity contribution in [3.8, 4) is 0 Å². The number of allylic oxidation sites excluding steroid dienone is 2. The molecule has 0 saturated heterocycles. The molecular weight excluding hydrogens is 112 g/mol. The maximum absolute atomic E-state index is 10.3. The van der Waals surface area contributed by atoms with Gasteiger partial charge in [-0.1, -0.05) is 19.9 Å². The second kappa shape index (κ2) is 2.34. The lowest BCUT2D eigenvalue weighted by molar-refractivity contribution is -0.105. The minimum Gasteiger partial charge on any atom is -0.298 e. The lowest BCUT2D eigenvalue weighted by Crippen LogP contribution is -2.03. The molecule has 0 aromatic carbocycles. The number of hydrogen-bond donors (Lipinski definition) is 0. The van der Waals surface area contributed by atoms with Crippen molar-refractivity contribution in [2.75, 3.05) is 0 Å². The molecular formula is C8H12O. The van der Waals surface area contributed by atoms with Crippen molar-refractivity contribution in [1.29, 1.82) is 0 Å². The van der Waals surface area contributed by atoms with Crippen molar-refractivity contribution in [2.24, 2.45) is 11.8 Å². The molecule has 0 heterocycles. The van der Waals surface area contributed by atoms with Crippen LogP contribution in [0.3, 0.4) is 0 Å². The monoisotopic (exact) mass is 124 g/mol. The molecule has 1 heteroatoms. The molecule has 0 N–H and O–H groups in total. The summed E-state index contributed by atoms with van der Waals surface area (Å²) < 4.78 is 0. The molecule has 1 aliphatic carbocycles. The van der Waals surface area contributed by atoms with Crippen LogP contribution >= 0.6 is 0 Å². The molecule has 0 aromatic rings. The first-order chi connectivity index (χ1) is 4.25. The molecule has 0 fully saturated rings. The van der Waals surface area contributed by atoms with Gasteiger partial charge in [0.1, 0.15) is 6.29 Å². The van der Waals surface area contributed by atoms with Gasteiger partial charge in [-0.05, 0) is 23.8 Å². The molecule has 0 saturated carbocycles. The van der Waals surface area contributed by atoms with Gasteiger partial charge in [0.2, 0.25) is 0 Å². The number of hydrogen-bond acceptors (Lipinski definition) is 1. The van der Waals surface area contributed by atoms with Crippen LogP contribution in [0.15, 0.2) is 11.6 Å². The van der Waals surface area contributed by atoms with Crippen LogP contribution in [0.25, 0.3) is 0 Å².